The molecule has 2 aliphatic heterocycles. The summed E-state index contributed by atoms with van der Waals surface area (Å²) in [5.41, 5.74) is 2.64. The first-order valence-corrected chi connectivity index (χ1v) is 19.8. The molecule has 6 unspecified atom stereocenters. The first-order valence-electron chi connectivity index (χ1n) is 18.2. The van der Waals surface area contributed by atoms with Crippen LogP contribution in [0.2, 0.25) is 10.0 Å². The Morgan fingerprint density at radius 3 is 2.45 bits per heavy atom. The highest BCUT2D eigenvalue weighted by atomic mass is 35.5. The van der Waals surface area contributed by atoms with Crippen molar-refractivity contribution in [2.75, 3.05) is 9.80 Å². The smallest absolute Gasteiger partial charge is 0.242 e. The monoisotopic (exact) mass is 790 g/mol. The van der Waals surface area contributed by atoms with E-state index in [4.69, 9.17) is 28.3 Å². The molecule has 4 amide bonds. The van der Waals surface area contributed by atoms with Crippen molar-refractivity contribution in [1.29, 1.82) is 0 Å². The molecular weight excluding hydrogens is 755 g/mol. The standard InChI is InChI=1S/C43H36Cl2N4O5S/c1-5-7-22-8-6-9-28(37(22)50)36-26-15-16-27-35(41(53)48(39(27)51)25-13-10-23(44)11-14-25)30(26)19-31-40(52)49(42(54)43(31,36)3)34-20-32(46-47(34)4)38-21(2)29-18-24(45)12-17-33(29)55-38/h5-6,8-15,17-18,20,27,30-31,35-36,50H,1,7,16,19H2,2-4H3. The van der Waals surface area contributed by atoms with Gasteiger partial charge in [0.2, 0.25) is 23.6 Å². The van der Waals surface area contributed by atoms with Crippen LogP contribution in [0.1, 0.15) is 42.4 Å². The van der Waals surface area contributed by atoms with E-state index in [1.54, 1.807) is 65.5 Å². The lowest BCUT2D eigenvalue weighted by atomic mass is 9.51. The molecule has 4 aliphatic rings. The molecule has 278 valence electrons. The molecule has 0 radical (unpaired) electrons. The van der Waals surface area contributed by atoms with Gasteiger partial charge in [-0.25, -0.2) is 4.90 Å². The molecule has 1 N–H and O–H groups in total. The molecule has 2 aliphatic carbocycles. The van der Waals surface area contributed by atoms with Gasteiger partial charge in [0.05, 0.1) is 33.7 Å². The number of amides is 4. The third-order valence-corrected chi connectivity index (χ3v) is 14.2. The zero-order chi connectivity index (χ0) is 38.7. The zero-order valence-electron chi connectivity index (χ0n) is 30.3. The summed E-state index contributed by atoms with van der Waals surface area (Å²) in [6.07, 6.45) is 4.54. The second-order valence-electron chi connectivity index (χ2n) is 15.2. The predicted octanol–water partition coefficient (Wildman–Crippen LogP) is 8.79. The number of allylic oxidation sites excluding steroid dienone is 3. The fourth-order valence-corrected chi connectivity index (χ4v) is 11.2. The highest BCUT2D eigenvalue weighted by molar-refractivity contribution is 7.22. The van der Waals surface area contributed by atoms with Crippen LogP contribution in [-0.4, -0.2) is 38.5 Å². The van der Waals surface area contributed by atoms with E-state index in [-0.39, 0.29) is 30.4 Å². The molecule has 2 aromatic heterocycles. The number of aryl methyl sites for hydroxylation is 2. The van der Waals surface area contributed by atoms with E-state index in [1.807, 2.05) is 50.3 Å². The second-order valence-corrected chi connectivity index (χ2v) is 17.1. The molecule has 5 aromatic rings. The van der Waals surface area contributed by atoms with Crippen LogP contribution in [0.15, 0.2) is 91.0 Å². The minimum absolute atomic E-state index is 0.0227. The van der Waals surface area contributed by atoms with Gasteiger partial charge in [0.1, 0.15) is 17.3 Å². The number of phenolic OH excluding ortho intramolecular Hbond substituents is 1. The van der Waals surface area contributed by atoms with Gasteiger partial charge in [0.15, 0.2) is 0 Å². The summed E-state index contributed by atoms with van der Waals surface area (Å²) in [5, 5.41) is 18.8. The number of aromatic hydroxyl groups is 1. The van der Waals surface area contributed by atoms with Crippen molar-refractivity contribution in [2.45, 2.75) is 39.0 Å². The fraction of sp³-hybridized carbons (Fsp3) is 0.279. The van der Waals surface area contributed by atoms with E-state index < -0.39 is 46.8 Å². The van der Waals surface area contributed by atoms with Crippen molar-refractivity contribution in [3.05, 3.63) is 118 Å². The number of hydrogen-bond donors (Lipinski definition) is 1. The van der Waals surface area contributed by atoms with Gasteiger partial charge in [-0.05, 0) is 98.0 Å². The van der Waals surface area contributed by atoms with Crippen LogP contribution in [0.4, 0.5) is 11.5 Å². The zero-order valence-corrected chi connectivity index (χ0v) is 32.6. The van der Waals surface area contributed by atoms with Crippen molar-refractivity contribution in [1.82, 2.24) is 9.78 Å². The van der Waals surface area contributed by atoms with Crippen molar-refractivity contribution in [3.8, 4) is 16.3 Å². The summed E-state index contributed by atoms with van der Waals surface area (Å²) in [5.74, 6) is -4.66. The fourth-order valence-electron chi connectivity index (χ4n) is 9.80. The Morgan fingerprint density at radius 2 is 1.71 bits per heavy atom. The Labute approximate surface area is 331 Å². The quantitative estimate of drug-likeness (QED) is 0.136. The molecular formula is C43H36Cl2N4O5S. The predicted molar refractivity (Wildman–Crippen MR) is 214 cm³/mol. The first kappa shape index (κ1) is 35.7. The maximum Gasteiger partial charge on any atom is 0.242 e. The van der Waals surface area contributed by atoms with Gasteiger partial charge in [-0.2, -0.15) is 5.10 Å². The number of halogens is 2. The average molecular weight is 792 g/mol. The number of hydrogen-bond acceptors (Lipinski definition) is 7. The van der Waals surface area contributed by atoms with Gasteiger partial charge >= 0.3 is 0 Å². The summed E-state index contributed by atoms with van der Waals surface area (Å²) < 4.78 is 2.60. The van der Waals surface area contributed by atoms with Crippen molar-refractivity contribution < 1.29 is 24.3 Å². The second kappa shape index (κ2) is 12.8. The Bertz CT molecular complexity index is 2560. The number of thiophene rings is 1. The third-order valence-electron chi connectivity index (χ3n) is 12.4. The highest BCUT2D eigenvalue weighted by Crippen LogP contribution is 2.64. The molecule has 3 aromatic carbocycles. The van der Waals surface area contributed by atoms with Crippen LogP contribution in [-0.2, 0) is 32.6 Å². The van der Waals surface area contributed by atoms with Gasteiger partial charge in [-0.15, -0.1) is 17.9 Å². The molecule has 3 fully saturated rings. The SMILES string of the molecule is C=CCc1cccc(C2C3=CCC4C(=O)N(c5ccc(Cl)cc5)C(=O)C4C3CC3C(=O)N(c4cc(-c5sc6ccc(Cl)cc6c5C)nn4C)C(=O)C32C)c1O. The summed E-state index contributed by atoms with van der Waals surface area (Å²) in [7, 11) is 1.71. The molecule has 55 heavy (non-hydrogen) atoms. The lowest BCUT2D eigenvalue weighted by Gasteiger charge is -2.49. The lowest BCUT2D eigenvalue weighted by Crippen LogP contribution is -2.49. The van der Waals surface area contributed by atoms with E-state index in [0.717, 1.165) is 26.1 Å². The van der Waals surface area contributed by atoms with Gasteiger partial charge in [0, 0.05) is 39.3 Å². The van der Waals surface area contributed by atoms with Crippen LogP contribution in [0.3, 0.4) is 0 Å². The highest BCUT2D eigenvalue weighted by Gasteiger charge is 2.68. The van der Waals surface area contributed by atoms with Crippen LogP contribution < -0.4 is 9.80 Å². The lowest BCUT2D eigenvalue weighted by molar-refractivity contribution is -0.131. The maximum atomic E-state index is 15.2. The van der Waals surface area contributed by atoms with E-state index in [9.17, 15) is 19.5 Å². The Hall–Kier alpha value is -5.03. The molecule has 1 saturated carbocycles. The topological polar surface area (TPSA) is 113 Å². The number of fused-ring (bicyclic) bond motifs is 5. The molecule has 9 nitrogen and oxygen atoms in total. The Morgan fingerprint density at radius 1 is 0.964 bits per heavy atom. The van der Waals surface area contributed by atoms with E-state index in [2.05, 4.69) is 6.58 Å². The van der Waals surface area contributed by atoms with Gasteiger partial charge < -0.3 is 5.11 Å². The van der Waals surface area contributed by atoms with Crippen LogP contribution in [0, 0.1) is 36.0 Å². The number of phenols is 1. The van der Waals surface area contributed by atoms with Gasteiger partial charge in [-0.1, -0.05) is 59.1 Å². The van der Waals surface area contributed by atoms with E-state index in [0.29, 0.717) is 44.8 Å². The number of para-hydroxylation sites is 1. The number of carbonyl (C=O) groups excluding carboxylic acids is 4. The molecule has 12 heteroatoms. The minimum atomic E-state index is -1.34. The normalized spacial score (nSPS) is 26.1. The van der Waals surface area contributed by atoms with Gasteiger partial charge in [-0.3, -0.25) is 28.8 Å². The van der Waals surface area contributed by atoms with Crippen molar-refractivity contribution in [3.63, 3.8) is 0 Å². The molecule has 9 rings (SSSR count). The van der Waals surface area contributed by atoms with Crippen LogP contribution in [0.5, 0.6) is 5.75 Å². The number of aromatic nitrogens is 2. The van der Waals surface area contributed by atoms with Crippen molar-refractivity contribution >= 4 is 79.8 Å². The largest absolute Gasteiger partial charge is 0.507 e. The molecule has 2 saturated heterocycles. The molecule has 4 heterocycles. The number of carbonyl (C=O) groups is 4. The Kier molecular flexibility index (Phi) is 8.27. The van der Waals surface area contributed by atoms with Crippen LogP contribution in [0.25, 0.3) is 20.7 Å². The molecule has 0 spiro atoms. The van der Waals surface area contributed by atoms with Crippen molar-refractivity contribution in [2.24, 2.45) is 36.1 Å². The third kappa shape index (κ3) is 5.07. The first-order chi connectivity index (χ1) is 26.3. The summed E-state index contributed by atoms with van der Waals surface area (Å²) in [6.45, 7) is 7.67. The minimum Gasteiger partial charge on any atom is -0.507 e. The van der Waals surface area contributed by atoms with Gasteiger partial charge in [0.25, 0.3) is 0 Å². The maximum absolute atomic E-state index is 15.2. The summed E-state index contributed by atoms with van der Waals surface area (Å²) in [6, 6.07) is 19.5. The number of benzene rings is 3. The number of anilines is 2. The number of imide groups is 2. The number of nitrogens with zero attached hydrogens (tertiary/aromatic N) is 4. The van der Waals surface area contributed by atoms with Crippen LogP contribution >= 0.6 is 34.5 Å². The molecule has 6 atom stereocenters. The Balaban J connectivity index is 1.17. The summed E-state index contributed by atoms with van der Waals surface area (Å²) >= 11 is 14.0. The van der Waals surface area contributed by atoms with E-state index >= 15 is 4.79 Å². The summed E-state index contributed by atoms with van der Waals surface area (Å²) in [4.78, 5) is 61.9. The number of rotatable bonds is 6. The van der Waals surface area contributed by atoms with E-state index in [1.165, 1.54) is 9.80 Å². The molecule has 0 bridgehead atoms. The average Bonchev–Trinajstić information content (AvgIpc) is 3.83.